The van der Waals surface area contributed by atoms with E-state index in [9.17, 15) is 0 Å². The number of hydrogen-bond donors (Lipinski definition) is 0. The summed E-state index contributed by atoms with van der Waals surface area (Å²) < 4.78 is 0. The number of nitrogens with zero attached hydrogens (tertiary/aromatic N) is 1. The van der Waals surface area contributed by atoms with E-state index in [1.807, 2.05) is 5.51 Å². The number of thiazole rings is 1. The van der Waals surface area contributed by atoms with Crippen molar-refractivity contribution in [2.45, 2.75) is 39.0 Å². The van der Waals surface area contributed by atoms with Crippen LogP contribution in [-0.4, -0.2) is 4.98 Å². The third-order valence-electron chi connectivity index (χ3n) is 1.77. The van der Waals surface area contributed by atoms with Crippen LogP contribution in [0, 0.1) is 0 Å². The summed E-state index contributed by atoms with van der Waals surface area (Å²) in [4.78, 5) is 4.23. The van der Waals surface area contributed by atoms with E-state index in [2.05, 4.69) is 17.3 Å². The van der Waals surface area contributed by atoms with Gasteiger partial charge in [-0.05, 0) is 12.8 Å². The predicted molar refractivity (Wildman–Crippen MR) is 50.0 cm³/mol. The van der Waals surface area contributed by atoms with Crippen molar-refractivity contribution in [3.63, 3.8) is 0 Å². The molecular weight excluding hydrogens is 154 g/mol. The highest BCUT2D eigenvalue weighted by Crippen LogP contribution is 2.07. The number of hydrogen-bond acceptors (Lipinski definition) is 2. The molecule has 0 aromatic carbocycles. The van der Waals surface area contributed by atoms with E-state index in [1.54, 1.807) is 11.3 Å². The summed E-state index contributed by atoms with van der Waals surface area (Å²) in [5, 5.41) is 2.14. The number of aromatic nitrogens is 1. The maximum absolute atomic E-state index is 4.23. The van der Waals surface area contributed by atoms with E-state index < -0.39 is 0 Å². The summed E-state index contributed by atoms with van der Waals surface area (Å²) in [5.41, 5.74) is 3.18. The molecule has 1 rings (SSSR count). The Bertz CT molecular complexity index is 170. The standard InChI is InChI=1S/C9H15NS/c1-2-3-4-5-6-9-7-11-8-10-9/h7-8H,2-6H2,1H3. The second-order valence-electron chi connectivity index (χ2n) is 2.79. The molecule has 0 aliphatic carbocycles. The minimum absolute atomic E-state index is 1.17. The van der Waals surface area contributed by atoms with Gasteiger partial charge in [0.25, 0.3) is 0 Å². The lowest BCUT2D eigenvalue weighted by atomic mass is 10.1. The molecule has 62 valence electrons. The van der Waals surface area contributed by atoms with Crippen LogP contribution in [0.4, 0.5) is 0 Å². The van der Waals surface area contributed by atoms with Gasteiger partial charge in [-0.25, -0.2) is 4.98 Å². The van der Waals surface area contributed by atoms with Crippen molar-refractivity contribution >= 4 is 11.3 Å². The maximum Gasteiger partial charge on any atom is 0.0794 e. The molecule has 0 radical (unpaired) electrons. The normalized spacial score (nSPS) is 10.3. The molecule has 0 aliphatic rings. The van der Waals surface area contributed by atoms with E-state index in [-0.39, 0.29) is 0 Å². The van der Waals surface area contributed by atoms with Gasteiger partial charge >= 0.3 is 0 Å². The average Bonchev–Trinajstić information content (AvgIpc) is 2.50. The largest absolute Gasteiger partial charge is 0.250 e. The fraction of sp³-hybridized carbons (Fsp3) is 0.667. The van der Waals surface area contributed by atoms with Crippen molar-refractivity contribution in [1.29, 1.82) is 0 Å². The lowest BCUT2D eigenvalue weighted by Gasteiger charge is -1.95. The Morgan fingerprint density at radius 2 is 2.27 bits per heavy atom. The van der Waals surface area contributed by atoms with Crippen LogP contribution in [0.3, 0.4) is 0 Å². The lowest BCUT2D eigenvalue weighted by molar-refractivity contribution is 0.662. The molecule has 0 N–H and O–H groups in total. The zero-order valence-electron chi connectivity index (χ0n) is 7.05. The maximum atomic E-state index is 4.23. The number of unbranched alkanes of at least 4 members (excludes halogenated alkanes) is 3. The minimum Gasteiger partial charge on any atom is -0.250 e. The molecule has 2 heteroatoms. The Morgan fingerprint density at radius 3 is 2.91 bits per heavy atom. The van der Waals surface area contributed by atoms with E-state index in [4.69, 9.17) is 0 Å². The molecule has 1 aromatic heterocycles. The summed E-state index contributed by atoms with van der Waals surface area (Å²) in [6, 6.07) is 0. The van der Waals surface area contributed by atoms with Crippen LogP contribution in [-0.2, 0) is 6.42 Å². The summed E-state index contributed by atoms with van der Waals surface area (Å²) in [6.07, 6.45) is 6.51. The number of aryl methyl sites for hydroxylation is 1. The van der Waals surface area contributed by atoms with Gasteiger partial charge in [-0.2, -0.15) is 0 Å². The molecule has 0 aliphatic heterocycles. The van der Waals surface area contributed by atoms with E-state index in [0.717, 1.165) is 0 Å². The van der Waals surface area contributed by atoms with Crippen LogP contribution >= 0.6 is 11.3 Å². The minimum atomic E-state index is 1.17. The van der Waals surface area contributed by atoms with Gasteiger partial charge in [0, 0.05) is 5.38 Å². The van der Waals surface area contributed by atoms with Crippen LogP contribution in [0.2, 0.25) is 0 Å². The van der Waals surface area contributed by atoms with Gasteiger partial charge in [-0.1, -0.05) is 26.2 Å². The molecule has 0 unspecified atom stereocenters. The highest BCUT2D eigenvalue weighted by Gasteiger charge is 1.93. The average molecular weight is 169 g/mol. The molecule has 0 saturated carbocycles. The van der Waals surface area contributed by atoms with Gasteiger partial charge in [-0.15, -0.1) is 11.3 Å². The molecule has 1 nitrogen and oxygen atoms in total. The third kappa shape index (κ3) is 3.51. The quantitative estimate of drug-likeness (QED) is 0.616. The van der Waals surface area contributed by atoms with Gasteiger partial charge in [0.15, 0.2) is 0 Å². The Morgan fingerprint density at radius 1 is 1.36 bits per heavy atom. The molecule has 0 saturated heterocycles. The van der Waals surface area contributed by atoms with Crippen molar-refractivity contribution in [3.05, 3.63) is 16.6 Å². The first-order valence-corrected chi connectivity index (χ1v) is 5.25. The fourth-order valence-electron chi connectivity index (χ4n) is 1.09. The molecule has 0 fully saturated rings. The van der Waals surface area contributed by atoms with Crippen molar-refractivity contribution in [2.24, 2.45) is 0 Å². The van der Waals surface area contributed by atoms with Crippen molar-refractivity contribution in [2.75, 3.05) is 0 Å². The Labute approximate surface area is 72.5 Å². The number of rotatable bonds is 5. The summed E-state index contributed by atoms with van der Waals surface area (Å²) in [6.45, 7) is 2.24. The van der Waals surface area contributed by atoms with Gasteiger partial charge in [-0.3, -0.25) is 0 Å². The molecule has 0 amide bonds. The van der Waals surface area contributed by atoms with Gasteiger partial charge in [0.05, 0.1) is 11.2 Å². The first-order valence-electron chi connectivity index (χ1n) is 4.30. The molecule has 1 heterocycles. The van der Waals surface area contributed by atoms with Crippen LogP contribution < -0.4 is 0 Å². The second-order valence-corrected chi connectivity index (χ2v) is 3.51. The molecule has 11 heavy (non-hydrogen) atoms. The molecule has 0 atom stereocenters. The molecular formula is C9H15NS. The van der Waals surface area contributed by atoms with Crippen LogP contribution in [0.25, 0.3) is 0 Å². The van der Waals surface area contributed by atoms with Crippen LogP contribution in [0.5, 0.6) is 0 Å². The predicted octanol–water partition coefficient (Wildman–Crippen LogP) is 3.27. The molecule has 1 aromatic rings. The van der Waals surface area contributed by atoms with Crippen molar-refractivity contribution in [3.8, 4) is 0 Å². The SMILES string of the molecule is CCCCCCc1cscn1. The van der Waals surface area contributed by atoms with Gasteiger partial charge in [0.2, 0.25) is 0 Å². The molecule has 0 bridgehead atoms. The zero-order valence-corrected chi connectivity index (χ0v) is 7.86. The summed E-state index contributed by atoms with van der Waals surface area (Å²) in [5.74, 6) is 0. The molecule has 0 spiro atoms. The monoisotopic (exact) mass is 169 g/mol. The fourth-order valence-corrected chi connectivity index (χ4v) is 1.69. The summed E-state index contributed by atoms with van der Waals surface area (Å²) in [7, 11) is 0. The van der Waals surface area contributed by atoms with Crippen molar-refractivity contribution < 1.29 is 0 Å². The van der Waals surface area contributed by atoms with Crippen molar-refractivity contribution in [1.82, 2.24) is 4.98 Å². The Kier molecular flexibility index (Phi) is 4.21. The lowest BCUT2D eigenvalue weighted by Crippen LogP contribution is -1.84. The topological polar surface area (TPSA) is 12.9 Å². The van der Waals surface area contributed by atoms with E-state index in [0.29, 0.717) is 0 Å². The third-order valence-corrected chi connectivity index (χ3v) is 2.41. The Hall–Kier alpha value is -0.370. The second kappa shape index (κ2) is 5.30. The van der Waals surface area contributed by atoms with Crippen LogP contribution in [0.15, 0.2) is 10.9 Å². The highest BCUT2D eigenvalue weighted by molar-refractivity contribution is 7.07. The van der Waals surface area contributed by atoms with Crippen LogP contribution in [0.1, 0.15) is 38.3 Å². The van der Waals surface area contributed by atoms with E-state index in [1.165, 1.54) is 37.8 Å². The smallest absolute Gasteiger partial charge is 0.0794 e. The van der Waals surface area contributed by atoms with Gasteiger partial charge < -0.3 is 0 Å². The summed E-state index contributed by atoms with van der Waals surface area (Å²) >= 11 is 1.69. The first-order chi connectivity index (χ1) is 5.43. The zero-order chi connectivity index (χ0) is 7.94. The Balaban J connectivity index is 2.04. The van der Waals surface area contributed by atoms with Gasteiger partial charge in [0.1, 0.15) is 0 Å². The highest BCUT2D eigenvalue weighted by atomic mass is 32.1. The van der Waals surface area contributed by atoms with E-state index >= 15 is 0 Å². The first kappa shape index (κ1) is 8.72.